The molecule has 0 spiro atoms. The first-order valence-electron chi connectivity index (χ1n) is 4.75. The number of rotatable bonds is 5. The summed E-state index contributed by atoms with van der Waals surface area (Å²) in [6, 6.07) is 8.16. The first-order chi connectivity index (χ1) is 7.17. The van der Waals surface area contributed by atoms with Gasteiger partial charge in [0.25, 0.3) is 10.0 Å². The van der Waals surface area contributed by atoms with E-state index in [0.717, 1.165) is 12.8 Å². The van der Waals surface area contributed by atoms with Crippen molar-refractivity contribution in [1.29, 1.82) is 0 Å². The van der Waals surface area contributed by atoms with Gasteiger partial charge in [-0.05, 0) is 18.6 Å². The average molecular weight is 226 g/mol. The van der Waals surface area contributed by atoms with Crippen molar-refractivity contribution in [2.75, 3.05) is 0 Å². The largest absolute Gasteiger partial charge is 0.276 e. The summed E-state index contributed by atoms with van der Waals surface area (Å²) in [4.78, 5) is 2.37. The van der Waals surface area contributed by atoms with Crippen LogP contribution in [0.3, 0.4) is 0 Å². The second kappa shape index (κ2) is 5.50. The third kappa shape index (κ3) is 3.71. The summed E-state index contributed by atoms with van der Waals surface area (Å²) in [5, 5.41) is 3.65. The molecule has 0 unspecified atom stereocenters. The number of benzene rings is 1. The van der Waals surface area contributed by atoms with Crippen molar-refractivity contribution in [2.24, 2.45) is 5.10 Å². The van der Waals surface area contributed by atoms with Crippen molar-refractivity contribution in [3.8, 4) is 0 Å². The second-order valence-electron chi connectivity index (χ2n) is 3.01. The highest BCUT2D eigenvalue weighted by molar-refractivity contribution is 7.89. The normalized spacial score (nSPS) is 11.8. The Balaban J connectivity index is 2.69. The van der Waals surface area contributed by atoms with E-state index in [1.807, 2.05) is 6.92 Å². The van der Waals surface area contributed by atoms with E-state index in [2.05, 4.69) is 9.93 Å². The van der Waals surface area contributed by atoms with E-state index in [1.54, 1.807) is 24.4 Å². The number of nitrogens with zero attached hydrogens (tertiary/aromatic N) is 1. The fraction of sp³-hybridized carbons (Fsp3) is 0.300. The molecule has 0 saturated heterocycles. The molecule has 0 aliphatic heterocycles. The molecule has 0 fully saturated rings. The predicted octanol–water partition coefficient (Wildman–Crippen LogP) is 1.75. The van der Waals surface area contributed by atoms with E-state index in [0.29, 0.717) is 0 Å². The molecule has 0 heterocycles. The summed E-state index contributed by atoms with van der Waals surface area (Å²) in [6.45, 7) is 2.00. The van der Waals surface area contributed by atoms with Gasteiger partial charge < -0.3 is 0 Å². The van der Waals surface area contributed by atoms with Gasteiger partial charge in [-0.1, -0.05) is 31.5 Å². The minimum absolute atomic E-state index is 0.221. The second-order valence-corrected chi connectivity index (χ2v) is 4.67. The lowest BCUT2D eigenvalue weighted by Crippen LogP contribution is -2.18. The van der Waals surface area contributed by atoms with E-state index in [4.69, 9.17) is 0 Å². The maximum atomic E-state index is 11.6. The standard InChI is InChI=1S/C10H14N2O2S/c1-2-3-9-11-12-15(13,14)10-7-5-4-6-8-10/h4-9,12H,2-3H2,1H3/b11-9+. The average Bonchev–Trinajstić information content (AvgIpc) is 2.26. The quantitative estimate of drug-likeness (QED) is 0.614. The van der Waals surface area contributed by atoms with Crippen molar-refractivity contribution in [3.05, 3.63) is 30.3 Å². The Hall–Kier alpha value is -1.36. The molecule has 82 valence electrons. The molecular weight excluding hydrogens is 212 g/mol. The fourth-order valence-corrected chi connectivity index (χ4v) is 1.79. The van der Waals surface area contributed by atoms with Gasteiger partial charge in [0, 0.05) is 6.21 Å². The number of unbranched alkanes of at least 4 members (excludes halogenated alkanes) is 1. The van der Waals surface area contributed by atoms with Gasteiger partial charge in [-0.3, -0.25) is 0 Å². The summed E-state index contributed by atoms with van der Waals surface area (Å²) in [6.07, 6.45) is 3.26. The van der Waals surface area contributed by atoms with Crippen LogP contribution in [0, 0.1) is 0 Å². The van der Waals surface area contributed by atoms with E-state index >= 15 is 0 Å². The molecule has 1 aromatic carbocycles. The molecule has 0 aliphatic rings. The lowest BCUT2D eigenvalue weighted by atomic mass is 10.4. The van der Waals surface area contributed by atoms with Gasteiger partial charge >= 0.3 is 0 Å². The van der Waals surface area contributed by atoms with E-state index in [9.17, 15) is 8.42 Å². The van der Waals surface area contributed by atoms with Crippen molar-refractivity contribution >= 4 is 16.2 Å². The monoisotopic (exact) mass is 226 g/mol. The van der Waals surface area contributed by atoms with Crippen molar-refractivity contribution in [2.45, 2.75) is 24.7 Å². The zero-order valence-corrected chi connectivity index (χ0v) is 9.37. The Morgan fingerprint density at radius 3 is 2.60 bits per heavy atom. The first kappa shape index (κ1) is 11.7. The summed E-state index contributed by atoms with van der Waals surface area (Å²) < 4.78 is 23.1. The van der Waals surface area contributed by atoms with Crippen LogP contribution in [-0.2, 0) is 10.0 Å². The van der Waals surface area contributed by atoms with Crippen LogP contribution in [0.1, 0.15) is 19.8 Å². The SMILES string of the molecule is CCC/C=N/NS(=O)(=O)c1ccccc1. The Labute approximate surface area is 90.1 Å². The highest BCUT2D eigenvalue weighted by atomic mass is 32.2. The van der Waals surface area contributed by atoms with Gasteiger partial charge in [0.05, 0.1) is 4.90 Å². The topological polar surface area (TPSA) is 58.5 Å². The van der Waals surface area contributed by atoms with Crippen LogP contribution in [0.4, 0.5) is 0 Å². The number of hydrogen-bond donors (Lipinski definition) is 1. The molecule has 0 saturated carbocycles. The molecular formula is C10H14N2O2S. The van der Waals surface area contributed by atoms with Gasteiger partial charge in [-0.15, -0.1) is 0 Å². The zero-order chi connectivity index (χ0) is 11.1. The number of nitrogens with one attached hydrogen (secondary N) is 1. The molecule has 0 atom stereocenters. The fourth-order valence-electron chi connectivity index (χ4n) is 0.953. The minimum atomic E-state index is -3.49. The highest BCUT2D eigenvalue weighted by Gasteiger charge is 2.10. The third-order valence-corrected chi connectivity index (χ3v) is 2.97. The zero-order valence-electron chi connectivity index (χ0n) is 8.55. The maximum Gasteiger partial charge on any atom is 0.276 e. The molecule has 0 aromatic heterocycles. The van der Waals surface area contributed by atoms with Crippen molar-refractivity contribution in [1.82, 2.24) is 4.83 Å². The van der Waals surface area contributed by atoms with Gasteiger partial charge in [0.2, 0.25) is 0 Å². The Morgan fingerprint density at radius 2 is 2.00 bits per heavy atom. The molecule has 15 heavy (non-hydrogen) atoms. The van der Waals surface area contributed by atoms with E-state index in [-0.39, 0.29) is 4.90 Å². The Morgan fingerprint density at radius 1 is 1.33 bits per heavy atom. The van der Waals surface area contributed by atoms with Crippen LogP contribution >= 0.6 is 0 Å². The van der Waals surface area contributed by atoms with Crippen LogP contribution in [0.15, 0.2) is 40.3 Å². The number of sulfonamides is 1. The third-order valence-electron chi connectivity index (χ3n) is 1.74. The predicted molar refractivity (Wildman–Crippen MR) is 60.2 cm³/mol. The van der Waals surface area contributed by atoms with Gasteiger partial charge in [-0.2, -0.15) is 13.5 Å². The molecule has 0 amide bonds. The van der Waals surface area contributed by atoms with Gasteiger partial charge in [0.1, 0.15) is 0 Å². The smallest absolute Gasteiger partial charge is 0.200 e. The molecule has 0 radical (unpaired) electrons. The van der Waals surface area contributed by atoms with E-state index in [1.165, 1.54) is 12.1 Å². The van der Waals surface area contributed by atoms with Crippen molar-refractivity contribution in [3.63, 3.8) is 0 Å². The summed E-state index contributed by atoms with van der Waals surface area (Å²) in [5.74, 6) is 0. The highest BCUT2D eigenvalue weighted by Crippen LogP contribution is 2.06. The van der Waals surface area contributed by atoms with E-state index < -0.39 is 10.0 Å². The molecule has 1 aromatic rings. The molecule has 1 N–H and O–H groups in total. The minimum Gasteiger partial charge on any atom is -0.200 e. The van der Waals surface area contributed by atoms with Gasteiger partial charge in [-0.25, -0.2) is 4.83 Å². The van der Waals surface area contributed by atoms with Crippen LogP contribution in [0.25, 0.3) is 0 Å². The molecule has 1 rings (SSSR count). The number of hydrogen-bond acceptors (Lipinski definition) is 3. The van der Waals surface area contributed by atoms with Crippen LogP contribution in [0.5, 0.6) is 0 Å². The molecule has 0 bridgehead atoms. The lowest BCUT2D eigenvalue weighted by molar-refractivity contribution is 0.584. The van der Waals surface area contributed by atoms with Crippen LogP contribution < -0.4 is 4.83 Å². The Kier molecular flexibility index (Phi) is 4.30. The van der Waals surface area contributed by atoms with Crippen LogP contribution in [-0.4, -0.2) is 14.6 Å². The van der Waals surface area contributed by atoms with Gasteiger partial charge in [0.15, 0.2) is 0 Å². The summed E-state index contributed by atoms with van der Waals surface area (Å²) >= 11 is 0. The van der Waals surface area contributed by atoms with Crippen LogP contribution in [0.2, 0.25) is 0 Å². The molecule has 5 heteroatoms. The summed E-state index contributed by atoms with van der Waals surface area (Å²) in [7, 11) is -3.49. The lowest BCUT2D eigenvalue weighted by Gasteiger charge is -2.01. The van der Waals surface area contributed by atoms with Crippen molar-refractivity contribution < 1.29 is 8.42 Å². The Bertz CT molecular complexity index is 412. The summed E-state index contributed by atoms with van der Waals surface area (Å²) in [5.41, 5.74) is 0. The number of hydrazone groups is 1. The maximum absolute atomic E-state index is 11.6. The first-order valence-corrected chi connectivity index (χ1v) is 6.23. The molecule has 4 nitrogen and oxygen atoms in total. The molecule has 0 aliphatic carbocycles.